The summed E-state index contributed by atoms with van der Waals surface area (Å²) < 4.78 is 3.15. The van der Waals surface area contributed by atoms with Crippen LogP contribution < -0.4 is 0 Å². The number of benzene rings is 1. The molecule has 4 heteroatoms. The van der Waals surface area contributed by atoms with E-state index in [1.54, 1.807) is 0 Å². The summed E-state index contributed by atoms with van der Waals surface area (Å²) >= 11 is 3.43. The molecule has 0 unspecified atom stereocenters. The summed E-state index contributed by atoms with van der Waals surface area (Å²) in [5, 5.41) is 9.01. The molecule has 18 heavy (non-hydrogen) atoms. The summed E-state index contributed by atoms with van der Waals surface area (Å²) in [5.41, 5.74) is 3.50. The van der Waals surface area contributed by atoms with Crippen molar-refractivity contribution >= 4 is 15.9 Å². The highest BCUT2D eigenvalue weighted by molar-refractivity contribution is 9.10. The van der Waals surface area contributed by atoms with Crippen molar-refractivity contribution in [2.45, 2.75) is 19.8 Å². The van der Waals surface area contributed by atoms with Gasteiger partial charge in [0.05, 0.1) is 12.3 Å². The van der Waals surface area contributed by atoms with E-state index in [1.807, 2.05) is 19.2 Å². The number of rotatable bonds is 4. The van der Waals surface area contributed by atoms with Gasteiger partial charge in [0.2, 0.25) is 0 Å². The Morgan fingerprint density at radius 2 is 1.94 bits per heavy atom. The van der Waals surface area contributed by atoms with Crippen molar-refractivity contribution in [3.63, 3.8) is 0 Å². The van der Waals surface area contributed by atoms with Gasteiger partial charge in [-0.15, -0.1) is 0 Å². The van der Waals surface area contributed by atoms with E-state index in [1.165, 1.54) is 11.3 Å². The zero-order valence-corrected chi connectivity index (χ0v) is 12.2. The molecule has 0 saturated carbocycles. The smallest absolute Gasteiger partial charge is 0.111 e. The molecule has 0 aliphatic heterocycles. The topological polar surface area (TPSA) is 38.1 Å². The second-order valence-electron chi connectivity index (χ2n) is 4.40. The first kappa shape index (κ1) is 13.3. The van der Waals surface area contributed by atoms with Gasteiger partial charge in [-0.1, -0.05) is 28.1 Å². The van der Waals surface area contributed by atoms with E-state index in [-0.39, 0.29) is 6.61 Å². The Kier molecular flexibility index (Phi) is 4.19. The lowest BCUT2D eigenvalue weighted by Crippen LogP contribution is -2.01. The highest BCUT2D eigenvalue weighted by Crippen LogP contribution is 2.17. The molecule has 1 N–H and O–H groups in total. The Hall–Kier alpha value is -1.13. The molecule has 1 aromatic carbocycles. The molecular formula is C14H17BrN2O. The molecule has 0 spiro atoms. The molecule has 0 radical (unpaired) electrons. The summed E-state index contributed by atoms with van der Waals surface area (Å²) in [4.78, 5) is 4.61. The maximum Gasteiger partial charge on any atom is 0.111 e. The van der Waals surface area contributed by atoms with Crippen LogP contribution in [-0.2, 0) is 19.9 Å². The predicted octanol–water partition coefficient (Wildman–Crippen LogP) is 2.62. The van der Waals surface area contributed by atoms with Gasteiger partial charge in [0.15, 0.2) is 0 Å². The maximum atomic E-state index is 9.01. The molecule has 0 amide bonds. The van der Waals surface area contributed by atoms with Crippen LogP contribution in [0.15, 0.2) is 28.7 Å². The standard InChI is InChI=1S/C14H17BrN2O/c1-10-13(16-14(7-8-18)17(10)2)9-11-3-5-12(15)6-4-11/h3-6,18H,7-9H2,1-2H3. The summed E-state index contributed by atoms with van der Waals surface area (Å²) in [5.74, 6) is 0.946. The van der Waals surface area contributed by atoms with E-state index in [4.69, 9.17) is 5.11 Å². The average molecular weight is 309 g/mol. The minimum Gasteiger partial charge on any atom is -0.396 e. The lowest BCUT2D eigenvalue weighted by molar-refractivity contribution is 0.295. The van der Waals surface area contributed by atoms with Crippen LogP contribution in [0, 0.1) is 6.92 Å². The lowest BCUT2D eigenvalue weighted by Gasteiger charge is -2.02. The molecule has 96 valence electrons. The summed E-state index contributed by atoms with van der Waals surface area (Å²) in [6.45, 7) is 2.21. The van der Waals surface area contributed by atoms with E-state index in [0.717, 1.165) is 22.4 Å². The van der Waals surface area contributed by atoms with E-state index >= 15 is 0 Å². The highest BCUT2D eigenvalue weighted by Gasteiger charge is 2.10. The number of imidazole rings is 1. The van der Waals surface area contributed by atoms with Crippen molar-refractivity contribution in [1.29, 1.82) is 0 Å². The zero-order chi connectivity index (χ0) is 13.1. The molecule has 3 nitrogen and oxygen atoms in total. The van der Waals surface area contributed by atoms with Gasteiger partial charge in [-0.2, -0.15) is 0 Å². The third kappa shape index (κ3) is 2.82. The minimum absolute atomic E-state index is 0.141. The number of nitrogens with zero attached hydrogens (tertiary/aromatic N) is 2. The predicted molar refractivity (Wildman–Crippen MR) is 75.7 cm³/mol. The van der Waals surface area contributed by atoms with Crippen LogP contribution in [0.2, 0.25) is 0 Å². The Balaban J connectivity index is 2.23. The third-order valence-corrected chi connectivity index (χ3v) is 3.72. The molecule has 0 bridgehead atoms. The number of aliphatic hydroxyl groups is 1. The number of halogens is 1. The Morgan fingerprint density at radius 3 is 2.56 bits per heavy atom. The van der Waals surface area contributed by atoms with Crippen LogP contribution >= 0.6 is 15.9 Å². The van der Waals surface area contributed by atoms with E-state index in [9.17, 15) is 0 Å². The Morgan fingerprint density at radius 1 is 1.28 bits per heavy atom. The van der Waals surface area contributed by atoms with Crippen LogP contribution in [0.5, 0.6) is 0 Å². The second kappa shape index (κ2) is 5.67. The van der Waals surface area contributed by atoms with Crippen LogP contribution in [0.1, 0.15) is 22.8 Å². The number of hydrogen-bond donors (Lipinski definition) is 1. The molecule has 2 aromatic rings. The van der Waals surface area contributed by atoms with Crippen molar-refractivity contribution < 1.29 is 5.11 Å². The summed E-state index contributed by atoms with van der Waals surface area (Å²) in [7, 11) is 2.00. The van der Waals surface area contributed by atoms with Gasteiger partial charge < -0.3 is 9.67 Å². The van der Waals surface area contributed by atoms with Crippen LogP contribution in [0.25, 0.3) is 0 Å². The average Bonchev–Trinajstić information content (AvgIpc) is 2.61. The molecule has 0 saturated heterocycles. The normalized spacial score (nSPS) is 10.9. The number of aliphatic hydroxyl groups excluding tert-OH is 1. The van der Waals surface area contributed by atoms with Crippen molar-refractivity contribution in [2.24, 2.45) is 7.05 Å². The number of aromatic nitrogens is 2. The molecule has 0 aliphatic carbocycles. The first-order chi connectivity index (χ1) is 8.61. The van der Waals surface area contributed by atoms with E-state index in [0.29, 0.717) is 6.42 Å². The fourth-order valence-corrected chi connectivity index (χ4v) is 2.25. The molecule has 0 aliphatic rings. The van der Waals surface area contributed by atoms with Gasteiger partial charge in [-0.05, 0) is 24.6 Å². The largest absolute Gasteiger partial charge is 0.396 e. The van der Waals surface area contributed by atoms with Crippen molar-refractivity contribution in [2.75, 3.05) is 6.61 Å². The fourth-order valence-electron chi connectivity index (χ4n) is 1.99. The minimum atomic E-state index is 0.141. The molecule has 1 aromatic heterocycles. The van der Waals surface area contributed by atoms with Crippen LogP contribution in [-0.4, -0.2) is 21.3 Å². The molecule has 0 atom stereocenters. The SMILES string of the molecule is Cc1c(Cc2ccc(Br)cc2)nc(CCO)n1C. The Bertz CT molecular complexity index is 531. The van der Waals surface area contributed by atoms with Gasteiger partial charge in [0, 0.05) is 30.1 Å². The monoisotopic (exact) mass is 308 g/mol. The van der Waals surface area contributed by atoms with Gasteiger partial charge >= 0.3 is 0 Å². The fraction of sp³-hybridized carbons (Fsp3) is 0.357. The molecular weight excluding hydrogens is 292 g/mol. The van der Waals surface area contributed by atoms with E-state index < -0.39 is 0 Å². The lowest BCUT2D eigenvalue weighted by atomic mass is 10.1. The molecule has 2 rings (SSSR count). The summed E-state index contributed by atoms with van der Waals surface area (Å²) in [6.07, 6.45) is 1.44. The number of hydrogen-bond acceptors (Lipinski definition) is 2. The first-order valence-corrected chi connectivity index (χ1v) is 6.77. The zero-order valence-electron chi connectivity index (χ0n) is 10.7. The van der Waals surface area contributed by atoms with Crippen LogP contribution in [0.4, 0.5) is 0 Å². The molecule has 0 fully saturated rings. The molecule has 1 heterocycles. The highest BCUT2D eigenvalue weighted by atomic mass is 79.9. The van der Waals surface area contributed by atoms with Crippen molar-refractivity contribution in [3.05, 3.63) is 51.5 Å². The van der Waals surface area contributed by atoms with Gasteiger partial charge in [0.1, 0.15) is 5.82 Å². The quantitative estimate of drug-likeness (QED) is 0.943. The van der Waals surface area contributed by atoms with Crippen LogP contribution in [0.3, 0.4) is 0 Å². The summed E-state index contributed by atoms with van der Waals surface area (Å²) in [6, 6.07) is 8.29. The van der Waals surface area contributed by atoms with Gasteiger partial charge in [0.25, 0.3) is 0 Å². The Labute approximate surface area is 116 Å². The first-order valence-electron chi connectivity index (χ1n) is 5.98. The maximum absolute atomic E-state index is 9.01. The van der Waals surface area contributed by atoms with Gasteiger partial charge in [-0.25, -0.2) is 4.98 Å². The van der Waals surface area contributed by atoms with Gasteiger partial charge in [-0.3, -0.25) is 0 Å². The van der Waals surface area contributed by atoms with Crippen molar-refractivity contribution in [1.82, 2.24) is 9.55 Å². The second-order valence-corrected chi connectivity index (χ2v) is 5.31. The van der Waals surface area contributed by atoms with Crippen molar-refractivity contribution in [3.8, 4) is 0 Å². The van der Waals surface area contributed by atoms with E-state index in [2.05, 4.69) is 44.5 Å². The third-order valence-electron chi connectivity index (χ3n) is 3.19.